The van der Waals surface area contributed by atoms with Crippen LogP contribution in [0.25, 0.3) is 10.2 Å². The second-order valence-electron chi connectivity index (χ2n) is 4.44. The number of thioether (sulfide) groups is 1. The van der Waals surface area contributed by atoms with Gasteiger partial charge in [0.15, 0.2) is 0 Å². The molecular weight excluding hydrogens is 364 g/mol. The molecule has 126 valence electrons. The van der Waals surface area contributed by atoms with Crippen LogP contribution in [0, 0.1) is 0 Å². The van der Waals surface area contributed by atoms with E-state index in [1.807, 2.05) is 0 Å². The van der Waals surface area contributed by atoms with Crippen molar-refractivity contribution in [3.63, 3.8) is 0 Å². The van der Waals surface area contributed by atoms with Crippen LogP contribution in [-0.2, 0) is 10.1 Å². The molecule has 0 fully saturated rings. The molecule has 0 bridgehead atoms. The summed E-state index contributed by atoms with van der Waals surface area (Å²) in [7, 11) is -4.52. The Hall–Kier alpha value is -1.64. The van der Waals surface area contributed by atoms with E-state index in [0.717, 1.165) is 11.3 Å². The molecule has 13 heteroatoms. The highest BCUT2D eigenvalue weighted by atomic mass is 32.2. The van der Waals surface area contributed by atoms with Gasteiger partial charge in [-0.2, -0.15) is 8.42 Å². The second-order valence-corrected chi connectivity index (χ2v) is 8.07. The maximum Gasteiger partial charge on any atom is 0.358 e. The zero-order chi connectivity index (χ0) is 17.6. The van der Waals surface area contributed by atoms with Gasteiger partial charge in [0.05, 0.1) is 5.69 Å². The smallest absolute Gasteiger partial charge is 0.358 e. The zero-order valence-corrected chi connectivity index (χ0v) is 14.2. The van der Waals surface area contributed by atoms with Gasteiger partial charge in [-0.15, -0.1) is 23.1 Å². The van der Waals surface area contributed by atoms with Gasteiger partial charge in [0.25, 0.3) is 11.0 Å². The lowest BCUT2D eigenvalue weighted by molar-refractivity contribution is 0.100. The largest absolute Gasteiger partial charge is 0.397 e. The SMILES string of the molecule is CSc1cc(OS(=O)(=O)C(N)(N)N)nc2sc(C(N)=O)c(N)c12. The third-order valence-corrected chi connectivity index (χ3v) is 5.84. The Balaban J connectivity index is 2.63. The van der Waals surface area contributed by atoms with Crippen molar-refractivity contribution in [2.24, 2.45) is 22.9 Å². The molecule has 0 radical (unpaired) electrons. The van der Waals surface area contributed by atoms with Crippen molar-refractivity contribution in [3.8, 4) is 5.88 Å². The number of nitrogen functional groups attached to an aromatic ring is 1. The predicted octanol–water partition coefficient (Wildman–Crippen LogP) is -1.10. The van der Waals surface area contributed by atoms with Crippen LogP contribution in [0.4, 0.5) is 5.69 Å². The fraction of sp³-hybridized carbons (Fsp3) is 0.200. The van der Waals surface area contributed by atoms with Gasteiger partial charge >= 0.3 is 10.1 Å². The van der Waals surface area contributed by atoms with Gasteiger partial charge < -0.3 is 15.7 Å². The van der Waals surface area contributed by atoms with E-state index in [4.69, 9.17) is 32.9 Å². The molecule has 0 aliphatic rings. The highest BCUT2D eigenvalue weighted by Crippen LogP contribution is 2.40. The fourth-order valence-electron chi connectivity index (χ4n) is 1.64. The van der Waals surface area contributed by atoms with Crippen molar-refractivity contribution in [2.75, 3.05) is 12.0 Å². The number of rotatable bonds is 5. The normalized spacial score (nSPS) is 12.5. The molecule has 2 aromatic heterocycles. The molecule has 0 spiro atoms. The van der Waals surface area contributed by atoms with Crippen molar-refractivity contribution in [1.29, 1.82) is 0 Å². The minimum Gasteiger partial charge on any atom is -0.397 e. The van der Waals surface area contributed by atoms with Crippen molar-refractivity contribution in [3.05, 3.63) is 10.9 Å². The molecule has 23 heavy (non-hydrogen) atoms. The van der Waals surface area contributed by atoms with Crippen LogP contribution in [-0.4, -0.2) is 30.7 Å². The first-order valence-corrected chi connectivity index (χ1v) is 9.30. The topological polar surface area (TPSA) is 203 Å². The quantitative estimate of drug-likeness (QED) is 0.241. The van der Waals surface area contributed by atoms with Crippen molar-refractivity contribution in [2.45, 2.75) is 10.0 Å². The monoisotopic (exact) mass is 378 g/mol. The summed E-state index contributed by atoms with van der Waals surface area (Å²) in [5.41, 5.74) is 26.8. The van der Waals surface area contributed by atoms with Gasteiger partial charge in [0.2, 0.25) is 5.88 Å². The van der Waals surface area contributed by atoms with E-state index in [2.05, 4.69) is 4.98 Å². The molecule has 0 aromatic carbocycles. The number of carbonyl (C=O) groups is 1. The van der Waals surface area contributed by atoms with Crippen LogP contribution in [0.2, 0.25) is 0 Å². The number of primary amides is 1. The first-order valence-electron chi connectivity index (χ1n) is 5.85. The van der Waals surface area contributed by atoms with Crippen molar-refractivity contribution in [1.82, 2.24) is 4.98 Å². The molecule has 2 heterocycles. The molecule has 10 nitrogen and oxygen atoms in total. The second kappa shape index (κ2) is 5.77. The number of anilines is 1. The van der Waals surface area contributed by atoms with Crippen LogP contribution in [0.3, 0.4) is 0 Å². The zero-order valence-electron chi connectivity index (χ0n) is 11.8. The van der Waals surface area contributed by atoms with E-state index in [1.54, 1.807) is 6.26 Å². The van der Waals surface area contributed by atoms with Gasteiger partial charge in [-0.25, -0.2) is 4.98 Å². The van der Waals surface area contributed by atoms with Gasteiger partial charge in [0.1, 0.15) is 9.71 Å². The molecule has 10 N–H and O–H groups in total. The number of aromatic nitrogens is 1. The fourth-order valence-corrected chi connectivity index (χ4v) is 3.75. The summed E-state index contributed by atoms with van der Waals surface area (Å²) in [6, 6.07) is 1.32. The molecule has 0 saturated heterocycles. The summed E-state index contributed by atoms with van der Waals surface area (Å²) in [6.45, 7) is 0. The van der Waals surface area contributed by atoms with Gasteiger partial charge in [0, 0.05) is 16.3 Å². The van der Waals surface area contributed by atoms with Crippen LogP contribution >= 0.6 is 23.1 Å². The first-order chi connectivity index (χ1) is 10.5. The number of thiophene rings is 1. The van der Waals surface area contributed by atoms with E-state index in [-0.39, 0.29) is 21.3 Å². The highest BCUT2D eigenvalue weighted by Gasteiger charge is 2.35. The minimum absolute atomic E-state index is 0.119. The van der Waals surface area contributed by atoms with Crippen LogP contribution < -0.4 is 32.9 Å². The van der Waals surface area contributed by atoms with E-state index in [9.17, 15) is 13.2 Å². The average molecular weight is 378 g/mol. The standard InChI is InChI=1S/C10H14N6O4S3/c1-21-3-2-4(20-23(18,19)10(13,14)15)16-9-5(3)6(11)7(22-9)8(12)17/h2H,11,13-15H2,1H3,(H2,12,17). The number of pyridine rings is 1. The van der Waals surface area contributed by atoms with Gasteiger partial charge in [-0.3, -0.25) is 22.0 Å². The lowest BCUT2D eigenvalue weighted by Crippen LogP contribution is -2.65. The molecule has 0 aliphatic heterocycles. The van der Waals surface area contributed by atoms with E-state index in [1.165, 1.54) is 17.8 Å². The number of fused-ring (bicyclic) bond motifs is 1. The van der Waals surface area contributed by atoms with Crippen molar-refractivity contribution < 1.29 is 17.4 Å². The third kappa shape index (κ3) is 3.19. The molecule has 0 aliphatic carbocycles. The summed E-state index contributed by atoms with van der Waals surface area (Å²) in [6.07, 6.45) is 1.73. The number of amides is 1. The number of nitrogens with zero attached hydrogens (tertiary/aromatic N) is 1. The van der Waals surface area contributed by atoms with E-state index >= 15 is 0 Å². The Morgan fingerprint density at radius 2 is 2.00 bits per heavy atom. The molecular formula is C10H14N6O4S3. The molecule has 1 amide bonds. The van der Waals surface area contributed by atoms with Crippen molar-refractivity contribution >= 4 is 55.0 Å². The van der Waals surface area contributed by atoms with Crippen LogP contribution in [0.5, 0.6) is 5.88 Å². The van der Waals surface area contributed by atoms with Gasteiger partial charge in [-0.1, -0.05) is 0 Å². The van der Waals surface area contributed by atoms with Crippen LogP contribution in [0.15, 0.2) is 11.0 Å². The Kier molecular flexibility index (Phi) is 4.44. The molecule has 0 saturated carbocycles. The summed E-state index contributed by atoms with van der Waals surface area (Å²) in [5, 5.41) is -2.10. The Morgan fingerprint density at radius 1 is 1.39 bits per heavy atom. The van der Waals surface area contributed by atoms with Crippen LogP contribution in [0.1, 0.15) is 9.67 Å². The molecule has 0 atom stereocenters. The maximum absolute atomic E-state index is 11.8. The highest BCUT2D eigenvalue weighted by molar-refractivity contribution is 7.98. The Bertz CT molecular complexity index is 886. The number of hydrogen-bond acceptors (Lipinski definition) is 11. The predicted molar refractivity (Wildman–Crippen MR) is 89.2 cm³/mol. The molecule has 2 aromatic rings. The Labute approximate surface area is 139 Å². The number of hydrogen-bond donors (Lipinski definition) is 5. The maximum atomic E-state index is 11.8. The lowest BCUT2D eigenvalue weighted by Gasteiger charge is -2.18. The lowest BCUT2D eigenvalue weighted by atomic mass is 10.2. The Morgan fingerprint density at radius 3 is 2.48 bits per heavy atom. The minimum atomic E-state index is -4.52. The molecule has 0 unspecified atom stereocenters. The summed E-state index contributed by atoms with van der Waals surface area (Å²) in [4.78, 5) is 16.3. The molecule has 2 rings (SSSR count). The van der Waals surface area contributed by atoms with E-state index < -0.39 is 21.1 Å². The summed E-state index contributed by atoms with van der Waals surface area (Å²) in [5.74, 6) is -1.01. The van der Waals surface area contributed by atoms with Gasteiger partial charge in [-0.05, 0) is 6.26 Å². The number of carbonyl (C=O) groups excluding carboxylic acids is 1. The van der Waals surface area contributed by atoms with E-state index in [0.29, 0.717) is 10.3 Å². The summed E-state index contributed by atoms with van der Waals surface area (Å²) < 4.78 is 28.3. The third-order valence-electron chi connectivity index (χ3n) is 2.71. The average Bonchev–Trinajstić information content (AvgIpc) is 2.73. The first kappa shape index (κ1) is 17.7. The summed E-state index contributed by atoms with van der Waals surface area (Å²) >= 11 is 2.17. The number of nitrogens with two attached hydrogens (primary N) is 5.